The Labute approximate surface area is 125 Å². The predicted octanol–water partition coefficient (Wildman–Crippen LogP) is 2.17. The molecule has 1 aromatic carbocycles. The highest BCUT2D eigenvalue weighted by Gasteiger charge is 2.40. The maximum Gasteiger partial charge on any atom is 0.311 e. The predicted molar refractivity (Wildman–Crippen MR) is 81.4 cm³/mol. The zero-order chi connectivity index (χ0) is 15.7. The molecule has 0 aliphatic carbocycles. The smallest absolute Gasteiger partial charge is 0.311 e. The van der Waals surface area contributed by atoms with Gasteiger partial charge in [0.05, 0.1) is 10.3 Å². The number of benzene rings is 1. The summed E-state index contributed by atoms with van der Waals surface area (Å²) >= 11 is 0. The van der Waals surface area contributed by atoms with Crippen LogP contribution in [-0.2, 0) is 14.6 Å². The van der Waals surface area contributed by atoms with Gasteiger partial charge < -0.3 is 10.0 Å². The number of piperidine rings is 1. The van der Waals surface area contributed by atoms with E-state index in [9.17, 15) is 18.3 Å². The van der Waals surface area contributed by atoms with Crippen LogP contribution < -0.4 is 4.90 Å². The van der Waals surface area contributed by atoms with Crippen molar-refractivity contribution < 1.29 is 18.3 Å². The maximum atomic E-state index is 11.6. The van der Waals surface area contributed by atoms with Gasteiger partial charge in [0, 0.05) is 25.0 Å². The third kappa shape index (κ3) is 3.20. The van der Waals surface area contributed by atoms with E-state index in [2.05, 4.69) is 0 Å². The highest BCUT2D eigenvalue weighted by Crippen LogP contribution is 2.35. The molecule has 1 aliphatic heterocycles. The average Bonchev–Trinajstić information content (AvgIpc) is 2.46. The second kappa shape index (κ2) is 5.67. The molecule has 1 N–H and O–H groups in total. The van der Waals surface area contributed by atoms with Gasteiger partial charge in [-0.2, -0.15) is 0 Å². The summed E-state index contributed by atoms with van der Waals surface area (Å²) in [6.45, 7) is 3.18. The second-order valence-corrected chi connectivity index (χ2v) is 7.75. The molecule has 116 valence electrons. The fraction of sp³-hybridized carbons (Fsp3) is 0.533. The van der Waals surface area contributed by atoms with Gasteiger partial charge in [-0.3, -0.25) is 4.79 Å². The first kappa shape index (κ1) is 15.8. The first-order chi connectivity index (χ1) is 9.78. The van der Waals surface area contributed by atoms with Crippen LogP contribution in [0.3, 0.4) is 0 Å². The topological polar surface area (TPSA) is 74.7 Å². The number of anilines is 1. The third-order valence-electron chi connectivity index (χ3n) is 4.34. The van der Waals surface area contributed by atoms with Gasteiger partial charge >= 0.3 is 5.97 Å². The normalized spacial score (nSPS) is 23.0. The summed E-state index contributed by atoms with van der Waals surface area (Å²) in [5, 5.41) is 9.50. The van der Waals surface area contributed by atoms with E-state index in [4.69, 9.17) is 0 Å². The molecule has 1 heterocycles. The number of nitrogens with zero attached hydrogens (tertiary/aromatic N) is 1. The lowest BCUT2D eigenvalue weighted by Gasteiger charge is -2.40. The molecule has 0 saturated carbocycles. The molecule has 1 atom stereocenters. The van der Waals surface area contributed by atoms with Crippen molar-refractivity contribution in [2.75, 3.05) is 24.2 Å². The average molecular weight is 311 g/mol. The summed E-state index contributed by atoms with van der Waals surface area (Å²) in [4.78, 5) is 13.9. The van der Waals surface area contributed by atoms with Crippen molar-refractivity contribution in [2.45, 2.75) is 31.1 Å². The van der Waals surface area contributed by atoms with Crippen molar-refractivity contribution in [3.05, 3.63) is 24.3 Å². The van der Waals surface area contributed by atoms with Crippen molar-refractivity contribution in [1.82, 2.24) is 0 Å². The lowest BCUT2D eigenvalue weighted by molar-refractivity contribution is -0.149. The molecule has 0 aromatic heterocycles. The van der Waals surface area contributed by atoms with Crippen molar-refractivity contribution in [3.8, 4) is 0 Å². The number of carboxylic acid groups (broad SMARTS) is 1. The quantitative estimate of drug-likeness (QED) is 0.922. The number of hydrogen-bond acceptors (Lipinski definition) is 4. The van der Waals surface area contributed by atoms with Crippen molar-refractivity contribution >= 4 is 21.5 Å². The van der Waals surface area contributed by atoms with Crippen LogP contribution in [0.4, 0.5) is 5.69 Å². The fourth-order valence-electron chi connectivity index (χ4n) is 2.87. The van der Waals surface area contributed by atoms with Crippen LogP contribution in [0, 0.1) is 5.41 Å². The Morgan fingerprint density at radius 1 is 1.33 bits per heavy atom. The van der Waals surface area contributed by atoms with Gasteiger partial charge in [0.15, 0.2) is 9.84 Å². The van der Waals surface area contributed by atoms with Crippen LogP contribution in [0.1, 0.15) is 26.2 Å². The molecule has 1 aromatic rings. The molecule has 21 heavy (non-hydrogen) atoms. The summed E-state index contributed by atoms with van der Waals surface area (Å²) in [6.07, 6.45) is 3.29. The molecule has 0 amide bonds. The Kier molecular flexibility index (Phi) is 4.27. The first-order valence-electron chi connectivity index (χ1n) is 7.07. The summed E-state index contributed by atoms with van der Waals surface area (Å²) in [5.74, 6) is -0.748. The van der Waals surface area contributed by atoms with E-state index in [1.165, 1.54) is 6.26 Å². The molecule has 6 heteroatoms. The van der Waals surface area contributed by atoms with Crippen LogP contribution in [0.25, 0.3) is 0 Å². The van der Waals surface area contributed by atoms with E-state index in [0.29, 0.717) is 19.4 Å². The molecule has 5 nitrogen and oxygen atoms in total. The van der Waals surface area contributed by atoms with E-state index in [1.807, 2.05) is 11.8 Å². The summed E-state index contributed by atoms with van der Waals surface area (Å²) in [6, 6.07) is 6.66. The van der Waals surface area contributed by atoms with Gasteiger partial charge in [-0.15, -0.1) is 0 Å². The minimum atomic E-state index is -3.20. The minimum Gasteiger partial charge on any atom is -0.481 e. The fourth-order valence-corrected chi connectivity index (χ4v) is 3.50. The number of carbonyl (C=O) groups is 1. The van der Waals surface area contributed by atoms with Crippen molar-refractivity contribution in [2.24, 2.45) is 5.41 Å². The van der Waals surface area contributed by atoms with Crippen molar-refractivity contribution in [1.29, 1.82) is 0 Å². The number of rotatable bonds is 4. The van der Waals surface area contributed by atoms with E-state index < -0.39 is 21.2 Å². The first-order valence-corrected chi connectivity index (χ1v) is 8.96. The number of sulfone groups is 1. The molecule has 1 unspecified atom stereocenters. The van der Waals surface area contributed by atoms with Crippen molar-refractivity contribution in [3.63, 3.8) is 0 Å². The van der Waals surface area contributed by atoms with Gasteiger partial charge in [-0.1, -0.05) is 6.92 Å². The lowest BCUT2D eigenvalue weighted by atomic mass is 9.77. The summed E-state index contributed by atoms with van der Waals surface area (Å²) < 4.78 is 22.9. The summed E-state index contributed by atoms with van der Waals surface area (Å²) in [5.41, 5.74) is 0.175. The SMILES string of the molecule is CCC1(C(=O)O)CCCN(c2ccc(S(C)(=O)=O)cc2)C1. The Morgan fingerprint density at radius 3 is 2.43 bits per heavy atom. The van der Waals surface area contributed by atoms with Crippen LogP contribution in [-0.4, -0.2) is 38.8 Å². The molecule has 2 rings (SSSR count). The molecule has 1 saturated heterocycles. The summed E-state index contributed by atoms with van der Waals surface area (Å²) in [7, 11) is -3.20. The Bertz CT molecular complexity index is 624. The van der Waals surface area contributed by atoms with Crippen LogP contribution in [0.15, 0.2) is 29.2 Å². The largest absolute Gasteiger partial charge is 0.481 e. The highest BCUT2D eigenvalue weighted by molar-refractivity contribution is 7.90. The number of carboxylic acids is 1. The molecule has 0 spiro atoms. The Balaban J connectivity index is 2.24. The Morgan fingerprint density at radius 2 is 1.95 bits per heavy atom. The second-order valence-electron chi connectivity index (χ2n) is 5.73. The van der Waals surface area contributed by atoms with Gasteiger partial charge in [0.2, 0.25) is 0 Å². The van der Waals surface area contributed by atoms with E-state index in [0.717, 1.165) is 18.7 Å². The zero-order valence-electron chi connectivity index (χ0n) is 12.4. The number of aliphatic carboxylic acids is 1. The Hall–Kier alpha value is -1.56. The minimum absolute atomic E-state index is 0.281. The van der Waals surface area contributed by atoms with E-state index in [1.54, 1.807) is 24.3 Å². The standard InChI is InChI=1S/C15H21NO4S/c1-3-15(14(17)18)9-4-10-16(11-15)12-5-7-13(8-6-12)21(2,19)20/h5-8H,3-4,9-11H2,1-2H3,(H,17,18). The molecular weight excluding hydrogens is 290 g/mol. The maximum absolute atomic E-state index is 11.6. The lowest BCUT2D eigenvalue weighted by Crippen LogP contribution is -2.47. The highest BCUT2D eigenvalue weighted by atomic mass is 32.2. The van der Waals surface area contributed by atoms with Gasteiger partial charge in [-0.05, 0) is 43.5 Å². The van der Waals surface area contributed by atoms with Crippen LogP contribution >= 0.6 is 0 Å². The number of hydrogen-bond donors (Lipinski definition) is 1. The molecule has 0 bridgehead atoms. The zero-order valence-corrected chi connectivity index (χ0v) is 13.2. The molecule has 1 fully saturated rings. The van der Waals surface area contributed by atoms with E-state index in [-0.39, 0.29) is 4.90 Å². The van der Waals surface area contributed by atoms with Crippen LogP contribution in [0.2, 0.25) is 0 Å². The molecule has 1 aliphatic rings. The molecular formula is C15H21NO4S. The van der Waals surface area contributed by atoms with E-state index >= 15 is 0 Å². The van der Waals surface area contributed by atoms with Gasteiger partial charge in [0.25, 0.3) is 0 Å². The van der Waals surface area contributed by atoms with Gasteiger partial charge in [-0.25, -0.2) is 8.42 Å². The monoisotopic (exact) mass is 311 g/mol. The van der Waals surface area contributed by atoms with Crippen LogP contribution in [0.5, 0.6) is 0 Å². The molecule has 0 radical (unpaired) electrons. The van der Waals surface area contributed by atoms with Gasteiger partial charge in [0.1, 0.15) is 0 Å². The third-order valence-corrected chi connectivity index (χ3v) is 5.47.